The molecule has 0 fully saturated rings. The predicted molar refractivity (Wildman–Crippen MR) is 89.6 cm³/mol. The van der Waals surface area contributed by atoms with Crippen LogP contribution in [0.1, 0.15) is 5.56 Å². The highest BCUT2D eigenvalue weighted by Crippen LogP contribution is 2.25. The van der Waals surface area contributed by atoms with Gasteiger partial charge in [-0.1, -0.05) is 6.07 Å². The normalized spacial score (nSPS) is 11.0. The van der Waals surface area contributed by atoms with Crippen molar-refractivity contribution in [1.82, 2.24) is 4.98 Å². The fraction of sp³-hybridized carbons (Fsp3) is 0.0556. The van der Waals surface area contributed by atoms with E-state index < -0.39 is 11.9 Å². The number of anilines is 1. The van der Waals surface area contributed by atoms with Crippen molar-refractivity contribution in [3.05, 3.63) is 60.2 Å². The number of aromatic nitrogens is 1. The predicted octanol–water partition coefficient (Wildman–Crippen LogP) is 3.38. The Balaban J connectivity index is 1.78. The van der Waals surface area contributed by atoms with Crippen LogP contribution >= 0.6 is 0 Å². The van der Waals surface area contributed by atoms with Crippen molar-refractivity contribution in [2.75, 3.05) is 5.32 Å². The minimum Gasteiger partial charge on any atom is -0.478 e. The maximum absolute atomic E-state index is 11.5. The van der Waals surface area contributed by atoms with Crippen LogP contribution in [0.4, 0.5) is 5.69 Å². The maximum atomic E-state index is 11.5. The van der Waals surface area contributed by atoms with Gasteiger partial charge in [-0.2, -0.15) is 0 Å². The minimum absolute atomic E-state index is 0.499. The van der Waals surface area contributed by atoms with E-state index in [1.54, 1.807) is 24.3 Å². The summed E-state index contributed by atoms with van der Waals surface area (Å²) >= 11 is 0. The third-order valence-corrected chi connectivity index (χ3v) is 3.32. The fourth-order valence-electron chi connectivity index (χ4n) is 2.19. The molecular formula is C18H14N2O4. The number of nitrogens with zero attached hydrogens (tertiary/aromatic N) is 1. The Hall–Kier alpha value is -3.41. The molecule has 6 nitrogen and oxygen atoms in total. The second-order valence-electron chi connectivity index (χ2n) is 5.23. The molecule has 1 aromatic heterocycles. The second-order valence-corrected chi connectivity index (χ2v) is 5.23. The molecule has 0 aliphatic heterocycles. The largest absolute Gasteiger partial charge is 0.478 e. The SMILES string of the molecule is Cc1ccc2oc(-c3ccc(NC(=O)/C=C/C(=O)O)cc3)nc2c1. The Morgan fingerprint density at radius 3 is 2.58 bits per heavy atom. The first kappa shape index (κ1) is 15.5. The molecule has 0 unspecified atom stereocenters. The molecule has 0 spiro atoms. The van der Waals surface area contributed by atoms with Gasteiger partial charge in [0.2, 0.25) is 11.8 Å². The summed E-state index contributed by atoms with van der Waals surface area (Å²) in [6.45, 7) is 1.99. The fourth-order valence-corrected chi connectivity index (χ4v) is 2.19. The van der Waals surface area contributed by atoms with Gasteiger partial charge in [0, 0.05) is 23.4 Å². The summed E-state index contributed by atoms with van der Waals surface area (Å²) in [6.07, 6.45) is 1.74. The number of nitrogens with one attached hydrogen (secondary N) is 1. The molecule has 0 bridgehead atoms. The molecule has 6 heteroatoms. The number of hydrogen-bond donors (Lipinski definition) is 2. The van der Waals surface area contributed by atoms with Crippen molar-refractivity contribution in [3.63, 3.8) is 0 Å². The van der Waals surface area contributed by atoms with E-state index in [1.807, 2.05) is 25.1 Å². The lowest BCUT2D eigenvalue weighted by molar-refractivity contribution is -0.131. The van der Waals surface area contributed by atoms with Gasteiger partial charge in [-0.25, -0.2) is 9.78 Å². The van der Waals surface area contributed by atoms with E-state index in [9.17, 15) is 9.59 Å². The Kier molecular flexibility index (Phi) is 4.11. The summed E-state index contributed by atoms with van der Waals surface area (Å²) in [5.41, 5.74) is 3.94. The molecule has 0 saturated heterocycles. The van der Waals surface area contributed by atoms with Crippen molar-refractivity contribution in [3.8, 4) is 11.5 Å². The molecule has 0 radical (unpaired) electrons. The van der Waals surface area contributed by atoms with Crippen LogP contribution in [0.2, 0.25) is 0 Å². The van der Waals surface area contributed by atoms with Crippen molar-refractivity contribution in [2.45, 2.75) is 6.92 Å². The Bertz CT molecular complexity index is 939. The first-order valence-electron chi connectivity index (χ1n) is 7.21. The summed E-state index contributed by atoms with van der Waals surface area (Å²) in [6, 6.07) is 12.7. The van der Waals surface area contributed by atoms with E-state index in [2.05, 4.69) is 10.3 Å². The average Bonchev–Trinajstić information content (AvgIpc) is 2.96. The number of carbonyl (C=O) groups is 2. The van der Waals surface area contributed by atoms with Gasteiger partial charge in [0.05, 0.1) is 0 Å². The zero-order chi connectivity index (χ0) is 17.1. The molecule has 1 heterocycles. The number of aryl methyl sites for hydroxylation is 1. The lowest BCUT2D eigenvalue weighted by Gasteiger charge is -2.02. The van der Waals surface area contributed by atoms with Crippen molar-refractivity contribution in [1.29, 1.82) is 0 Å². The van der Waals surface area contributed by atoms with Crippen LogP contribution in [0.15, 0.2) is 59.0 Å². The monoisotopic (exact) mass is 322 g/mol. The average molecular weight is 322 g/mol. The molecule has 120 valence electrons. The third-order valence-electron chi connectivity index (χ3n) is 3.32. The van der Waals surface area contributed by atoms with Gasteiger partial charge >= 0.3 is 5.97 Å². The van der Waals surface area contributed by atoms with E-state index in [0.29, 0.717) is 17.2 Å². The third kappa shape index (κ3) is 3.49. The number of oxazole rings is 1. The molecule has 0 saturated carbocycles. The number of carboxylic acids is 1. The maximum Gasteiger partial charge on any atom is 0.328 e. The molecule has 0 aliphatic carbocycles. The molecule has 3 rings (SSSR count). The number of carbonyl (C=O) groups excluding carboxylic acids is 1. The molecule has 3 aromatic rings. The van der Waals surface area contributed by atoms with Gasteiger partial charge in [0.15, 0.2) is 5.58 Å². The van der Waals surface area contributed by atoms with Crippen molar-refractivity contribution in [2.24, 2.45) is 0 Å². The van der Waals surface area contributed by atoms with Crippen molar-refractivity contribution >= 4 is 28.7 Å². The number of carboxylic acid groups (broad SMARTS) is 1. The van der Waals surface area contributed by atoms with Gasteiger partial charge in [-0.05, 0) is 48.9 Å². The van der Waals surface area contributed by atoms with Crippen LogP contribution in [0.3, 0.4) is 0 Å². The van der Waals surface area contributed by atoms with Gasteiger partial charge in [0.25, 0.3) is 0 Å². The Labute approximate surface area is 137 Å². The summed E-state index contributed by atoms with van der Waals surface area (Å²) in [7, 11) is 0. The lowest BCUT2D eigenvalue weighted by atomic mass is 10.2. The molecule has 24 heavy (non-hydrogen) atoms. The van der Waals surface area contributed by atoms with Crippen LogP contribution in [0, 0.1) is 6.92 Å². The van der Waals surface area contributed by atoms with Gasteiger partial charge in [-0.3, -0.25) is 4.79 Å². The van der Waals surface area contributed by atoms with E-state index in [4.69, 9.17) is 9.52 Å². The molecule has 0 atom stereocenters. The van der Waals surface area contributed by atoms with E-state index >= 15 is 0 Å². The molecular weight excluding hydrogens is 308 g/mol. The number of benzene rings is 2. The number of aliphatic carboxylic acids is 1. The van der Waals surface area contributed by atoms with Gasteiger partial charge in [-0.15, -0.1) is 0 Å². The highest BCUT2D eigenvalue weighted by Gasteiger charge is 2.08. The van der Waals surface area contributed by atoms with Crippen LogP contribution in [0.5, 0.6) is 0 Å². The highest BCUT2D eigenvalue weighted by molar-refractivity contribution is 6.02. The quantitative estimate of drug-likeness (QED) is 0.718. The number of fused-ring (bicyclic) bond motifs is 1. The van der Waals surface area contributed by atoms with Gasteiger partial charge in [0.1, 0.15) is 5.52 Å². The number of amides is 1. The summed E-state index contributed by atoms with van der Waals surface area (Å²) < 4.78 is 5.72. The van der Waals surface area contributed by atoms with E-state index in [0.717, 1.165) is 28.8 Å². The van der Waals surface area contributed by atoms with Crippen LogP contribution in [-0.2, 0) is 9.59 Å². The first-order valence-corrected chi connectivity index (χ1v) is 7.21. The lowest BCUT2D eigenvalue weighted by Crippen LogP contribution is -2.08. The second kappa shape index (κ2) is 6.37. The van der Waals surface area contributed by atoms with E-state index in [1.165, 1.54) is 0 Å². The number of hydrogen-bond acceptors (Lipinski definition) is 4. The van der Waals surface area contributed by atoms with Gasteiger partial charge < -0.3 is 14.8 Å². The standard InChI is InChI=1S/C18H14N2O4/c1-11-2-7-15-14(10-11)20-18(24-15)12-3-5-13(6-4-12)19-16(21)8-9-17(22)23/h2-10H,1H3,(H,19,21)(H,22,23)/b9-8+. The zero-order valence-electron chi connectivity index (χ0n) is 12.8. The molecule has 2 aromatic carbocycles. The molecule has 0 aliphatic rings. The Morgan fingerprint density at radius 1 is 1.12 bits per heavy atom. The topological polar surface area (TPSA) is 92.4 Å². The van der Waals surface area contributed by atoms with Crippen LogP contribution in [0.25, 0.3) is 22.6 Å². The van der Waals surface area contributed by atoms with Crippen LogP contribution < -0.4 is 5.32 Å². The number of rotatable bonds is 4. The molecule has 1 amide bonds. The summed E-state index contributed by atoms with van der Waals surface area (Å²) in [5, 5.41) is 11.1. The smallest absolute Gasteiger partial charge is 0.328 e. The summed E-state index contributed by atoms with van der Waals surface area (Å²) in [5.74, 6) is -1.19. The first-order chi connectivity index (χ1) is 11.5. The van der Waals surface area contributed by atoms with E-state index in [-0.39, 0.29) is 0 Å². The van der Waals surface area contributed by atoms with Crippen molar-refractivity contribution < 1.29 is 19.1 Å². The Morgan fingerprint density at radius 2 is 1.88 bits per heavy atom. The molecule has 2 N–H and O–H groups in total. The highest BCUT2D eigenvalue weighted by atomic mass is 16.4. The zero-order valence-corrected chi connectivity index (χ0v) is 12.8. The van der Waals surface area contributed by atoms with Crippen LogP contribution in [-0.4, -0.2) is 22.0 Å². The summed E-state index contributed by atoms with van der Waals surface area (Å²) in [4.78, 5) is 26.4. The minimum atomic E-state index is -1.17.